The SMILES string of the molecule is C=C/C(=C(C)\C(=C/C)OC)N1C(=O)c2c(Cl)ccc(NS(=O)(=O)c3ccc(C(C)(C)C)cc3)c2C1=O. The predicted octanol–water partition coefficient (Wildman–Crippen LogP) is 6.04. The van der Waals surface area contributed by atoms with Gasteiger partial charge >= 0.3 is 0 Å². The minimum atomic E-state index is -4.07. The van der Waals surface area contributed by atoms with Crippen molar-refractivity contribution in [2.75, 3.05) is 11.8 Å². The summed E-state index contributed by atoms with van der Waals surface area (Å²) in [7, 11) is -2.60. The molecular formula is C27H29ClN2O5S. The highest BCUT2D eigenvalue weighted by Gasteiger charge is 2.42. The van der Waals surface area contributed by atoms with Gasteiger partial charge in [-0.2, -0.15) is 0 Å². The van der Waals surface area contributed by atoms with Crippen molar-refractivity contribution in [1.82, 2.24) is 4.90 Å². The van der Waals surface area contributed by atoms with E-state index in [1.165, 1.54) is 37.5 Å². The zero-order valence-corrected chi connectivity index (χ0v) is 22.7. The molecule has 0 fully saturated rings. The van der Waals surface area contributed by atoms with E-state index >= 15 is 0 Å². The molecule has 0 saturated heterocycles. The van der Waals surface area contributed by atoms with E-state index in [0.717, 1.165) is 10.5 Å². The molecule has 0 atom stereocenters. The van der Waals surface area contributed by atoms with Gasteiger partial charge in [0.15, 0.2) is 0 Å². The summed E-state index contributed by atoms with van der Waals surface area (Å²) in [5.74, 6) is -0.956. The van der Waals surface area contributed by atoms with Crippen LogP contribution in [0.2, 0.25) is 5.02 Å². The third-order valence-electron chi connectivity index (χ3n) is 5.93. The van der Waals surface area contributed by atoms with Crippen LogP contribution in [-0.2, 0) is 20.2 Å². The van der Waals surface area contributed by atoms with E-state index in [9.17, 15) is 18.0 Å². The molecule has 36 heavy (non-hydrogen) atoms. The summed E-state index contributed by atoms with van der Waals surface area (Å²) in [4.78, 5) is 27.8. The van der Waals surface area contributed by atoms with Crippen LogP contribution in [0.25, 0.3) is 0 Å². The number of hydrogen-bond acceptors (Lipinski definition) is 5. The predicted molar refractivity (Wildman–Crippen MR) is 142 cm³/mol. The van der Waals surface area contributed by atoms with Crippen LogP contribution < -0.4 is 4.72 Å². The standard InChI is InChI=1S/C27H29ClN2O5S/c1-8-21(16(3)22(9-2)35-7)30-25(31)23-19(28)14-15-20(24(23)26(30)32)29-36(33,34)18-12-10-17(11-13-18)27(4,5)6/h8-15,29H,1H2,2-7H3/b21-16+,22-9+. The molecule has 1 N–H and O–H groups in total. The minimum Gasteiger partial charge on any atom is -0.497 e. The molecule has 1 heterocycles. The minimum absolute atomic E-state index is 0.0215. The van der Waals surface area contributed by atoms with Gasteiger partial charge in [0.25, 0.3) is 21.8 Å². The van der Waals surface area contributed by atoms with E-state index in [2.05, 4.69) is 11.3 Å². The number of hydrogen-bond donors (Lipinski definition) is 1. The summed E-state index contributed by atoms with van der Waals surface area (Å²) in [6.07, 6.45) is 3.06. The van der Waals surface area contributed by atoms with Crippen molar-refractivity contribution in [2.45, 2.75) is 44.9 Å². The number of nitrogens with zero attached hydrogens (tertiary/aromatic N) is 1. The molecule has 2 amide bonds. The Balaban J connectivity index is 2.09. The molecule has 1 aliphatic heterocycles. The van der Waals surface area contributed by atoms with Gasteiger partial charge in [0.1, 0.15) is 5.76 Å². The third kappa shape index (κ3) is 4.83. The average Bonchev–Trinajstić information content (AvgIpc) is 3.08. The van der Waals surface area contributed by atoms with Crippen molar-refractivity contribution in [2.24, 2.45) is 0 Å². The molecule has 2 aromatic carbocycles. The van der Waals surface area contributed by atoms with E-state index in [1.54, 1.807) is 32.1 Å². The van der Waals surface area contributed by atoms with E-state index in [-0.39, 0.29) is 37.8 Å². The lowest BCUT2D eigenvalue weighted by atomic mass is 9.87. The Morgan fingerprint density at radius 1 is 1.06 bits per heavy atom. The van der Waals surface area contributed by atoms with Crippen molar-refractivity contribution in [3.63, 3.8) is 0 Å². The Labute approximate surface area is 217 Å². The van der Waals surface area contributed by atoms with Crippen molar-refractivity contribution in [1.29, 1.82) is 0 Å². The molecular weight excluding hydrogens is 500 g/mol. The van der Waals surface area contributed by atoms with Gasteiger partial charge in [0.05, 0.1) is 39.5 Å². The number of fused-ring (bicyclic) bond motifs is 1. The van der Waals surface area contributed by atoms with E-state index < -0.39 is 21.8 Å². The van der Waals surface area contributed by atoms with Crippen LogP contribution in [-0.4, -0.2) is 32.2 Å². The van der Waals surface area contributed by atoms with E-state index in [0.29, 0.717) is 11.3 Å². The second kappa shape index (κ2) is 9.95. The van der Waals surface area contributed by atoms with Crippen molar-refractivity contribution in [3.8, 4) is 0 Å². The molecule has 0 aliphatic carbocycles. The Morgan fingerprint density at radius 2 is 1.64 bits per heavy atom. The molecule has 0 spiro atoms. The summed E-state index contributed by atoms with van der Waals surface area (Å²) >= 11 is 6.31. The molecule has 0 bridgehead atoms. The normalized spacial score (nSPS) is 15.0. The van der Waals surface area contributed by atoms with E-state index in [4.69, 9.17) is 16.3 Å². The number of carbonyl (C=O) groups excluding carboxylic acids is 2. The number of anilines is 1. The number of allylic oxidation sites excluding steroid dienone is 3. The zero-order valence-electron chi connectivity index (χ0n) is 21.1. The molecule has 190 valence electrons. The van der Waals surface area contributed by atoms with Crippen LogP contribution in [0.3, 0.4) is 0 Å². The fraction of sp³-hybridized carbons (Fsp3) is 0.259. The average molecular weight is 529 g/mol. The highest BCUT2D eigenvalue weighted by Crippen LogP contribution is 2.38. The highest BCUT2D eigenvalue weighted by molar-refractivity contribution is 7.92. The highest BCUT2D eigenvalue weighted by atomic mass is 35.5. The first-order chi connectivity index (χ1) is 16.8. The number of nitrogens with one attached hydrogen (secondary N) is 1. The summed E-state index contributed by atoms with van der Waals surface area (Å²) in [5.41, 5.74) is 1.27. The van der Waals surface area contributed by atoms with Gasteiger partial charge in [-0.25, -0.2) is 13.3 Å². The largest absolute Gasteiger partial charge is 0.497 e. The Bertz CT molecular complexity index is 1420. The van der Waals surface area contributed by atoms with Crippen LogP contribution >= 0.6 is 11.6 Å². The number of ether oxygens (including phenoxy) is 1. The number of amides is 2. The second-order valence-corrected chi connectivity index (χ2v) is 11.3. The fourth-order valence-electron chi connectivity index (χ4n) is 3.99. The number of halogens is 1. The summed E-state index contributed by atoms with van der Waals surface area (Å²) < 4.78 is 34.1. The first-order valence-electron chi connectivity index (χ1n) is 11.2. The number of carbonyl (C=O) groups is 2. The number of rotatable bonds is 7. The van der Waals surface area contributed by atoms with Crippen LogP contribution in [0.5, 0.6) is 0 Å². The molecule has 0 radical (unpaired) electrons. The maximum Gasteiger partial charge on any atom is 0.268 e. The molecule has 0 saturated carbocycles. The molecule has 7 nitrogen and oxygen atoms in total. The molecule has 9 heteroatoms. The second-order valence-electron chi connectivity index (χ2n) is 9.24. The lowest BCUT2D eigenvalue weighted by Crippen LogP contribution is -2.29. The van der Waals surface area contributed by atoms with Gasteiger partial charge < -0.3 is 4.74 Å². The van der Waals surface area contributed by atoms with E-state index in [1.807, 2.05) is 20.8 Å². The fourth-order valence-corrected chi connectivity index (χ4v) is 5.30. The van der Waals surface area contributed by atoms with Gasteiger partial charge in [0.2, 0.25) is 0 Å². The first-order valence-corrected chi connectivity index (χ1v) is 13.0. The van der Waals surface area contributed by atoms with Crippen LogP contribution in [0.1, 0.15) is 60.9 Å². The Kier molecular flexibility index (Phi) is 7.53. The summed E-state index contributed by atoms with van der Waals surface area (Å²) in [5, 5.41) is 0.0300. The van der Waals surface area contributed by atoms with Gasteiger partial charge in [-0.3, -0.25) is 14.3 Å². The maximum absolute atomic E-state index is 13.5. The first kappa shape index (κ1) is 27.2. The Hall–Kier alpha value is -3.36. The van der Waals surface area contributed by atoms with Crippen molar-refractivity contribution in [3.05, 3.63) is 93.9 Å². The number of benzene rings is 2. The maximum atomic E-state index is 13.5. The quantitative estimate of drug-likeness (QED) is 0.268. The monoisotopic (exact) mass is 528 g/mol. The molecule has 0 aromatic heterocycles. The molecule has 1 aliphatic rings. The van der Waals surface area contributed by atoms with Gasteiger partial charge in [0, 0.05) is 5.57 Å². The van der Waals surface area contributed by atoms with Gasteiger partial charge in [-0.15, -0.1) is 0 Å². The van der Waals surface area contributed by atoms with Gasteiger partial charge in [-0.1, -0.05) is 51.1 Å². The lowest BCUT2D eigenvalue weighted by molar-refractivity contribution is 0.0708. The number of sulfonamides is 1. The molecule has 3 rings (SSSR count). The lowest BCUT2D eigenvalue weighted by Gasteiger charge is -2.20. The summed E-state index contributed by atoms with van der Waals surface area (Å²) in [6.45, 7) is 13.3. The topological polar surface area (TPSA) is 92.8 Å². The molecule has 0 unspecified atom stereocenters. The van der Waals surface area contributed by atoms with Crippen LogP contribution in [0.15, 0.2) is 77.1 Å². The number of methoxy groups -OCH3 is 1. The third-order valence-corrected chi connectivity index (χ3v) is 7.63. The Morgan fingerprint density at radius 3 is 2.14 bits per heavy atom. The summed E-state index contributed by atoms with van der Waals surface area (Å²) in [6, 6.07) is 9.25. The van der Waals surface area contributed by atoms with Gasteiger partial charge in [-0.05, 0) is 61.2 Å². The van der Waals surface area contributed by atoms with Crippen LogP contribution in [0.4, 0.5) is 5.69 Å². The smallest absolute Gasteiger partial charge is 0.268 e. The number of imide groups is 1. The molecule has 2 aromatic rings. The van der Waals surface area contributed by atoms with Crippen LogP contribution in [0, 0.1) is 0 Å². The zero-order chi connectivity index (χ0) is 27.0. The van der Waals surface area contributed by atoms with Crippen molar-refractivity contribution >= 4 is 39.1 Å². The van der Waals surface area contributed by atoms with Crippen molar-refractivity contribution < 1.29 is 22.7 Å².